The molecule has 0 saturated heterocycles. The van der Waals surface area contributed by atoms with Gasteiger partial charge in [-0.25, -0.2) is 0 Å². The van der Waals surface area contributed by atoms with Crippen LogP contribution in [0.25, 0.3) is 0 Å². The summed E-state index contributed by atoms with van der Waals surface area (Å²) in [4.78, 5) is 40.5. The Bertz CT molecular complexity index is 855. The summed E-state index contributed by atoms with van der Waals surface area (Å²) in [5.74, 6) is -0.977. The molecule has 0 radical (unpaired) electrons. The van der Waals surface area contributed by atoms with Crippen LogP contribution < -0.4 is 0 Å². The number of nitrogens with zero attached hydrogens (tertiary/aromatic N) is 2. The highest BCUT2D eigenvalue weighted by molar-refractivity contribution is 6.22. The van der Waals surface area contributed by atoms with E-state index in [0.717, 1.165) is 16.9 Å². The van der Waals surface area contributed by atoms with Crippen LogP contribution in [0.1, 0.15) is 38.8 Å². The minimum atomic E-state index is -0.390. The van der Waals surface area contributed by atoms with Crippen LogP contribution in [0.4, 0.5) is 0 Å². The van der Waals surface area contributed by atoms with Gasteiger partial charge >= 0.3 is 0 Å². The van der Waals surface area contributed by atoms with Gasteiger partial charge in [0.15, 0.2) is 0 Å². The molecule has 0 fully saturated rings. The van der Waals surface area contributed by atoms with Crippen LogP contribution in [0.2, 0.25) is 0 Å². The maximum absolute atomic E-state index is 12.8. The van der Waals surface area contributed by atoms with Gasteiger partial charge in [-0.2, -0.15) is 0 Å². The van der Waals surface area contributed by atoms with E-state index in [1.165, 1.54) is 5.56 Å². The summed E-state index contributed by atoms with van der Waals surface area (Å²) in [7, 11) is 0. The number of fused-ring (bicyclic) bond motifs is 2. The molecule has 2 aliphatic heterocycles. The minimum Gasteiger partial charge on any atom is -0.334 e. The Morgan fingerprint density at radius 2 is 1.52 bits per heavy atom. The molecule has 4 rings (SSSR count). The fourth-order valence-electron chi connectivity index (χ4n) is 3.62. The van der Waals surface area contributed by atoms with Crippen molar-refractivity contribution in [3.8, 4) is 0 Å². The highest BCUT2D eigenvalue weighted by Gasteiger charge is 2.38. The Morgan fingerprint density at radius 1 is 0.960 bits per heavy atom. The largest absolute Gasteiger partial charge is 0.334 e. The van der Waals surface area contributed by atoms with Crippen molar-refractivity contribution in [1.29, 1.82) is 0 Å². The lowest BCUT2D eigenvalue weighted by molar-refractivity contribution is -0.134. The second kappa shape index (κ2) is 5.84. The van der Waals surface area contributed by atoms with E-state index in [9.17, 15) is 14.4 Å². The van der Waals surface area contributed by atoms with Crippen LogP contribution in [0.15, 0.2) is 48.5 Å². The summed E-state index contributed by atoms with van der Waals surface area (Å²) in [5, 5.41) is 0. The number of imide groups is 1. The summed E-state index contributed by atoms with van der Waals surface area (Å²) in [6.07, 6.45) is 0.782. The van der Waals surface area contributed by atoms with Crippen molar-refractivity contribution in [3.05, 3.63) is 70.8 Å². The molecule has 1 unspecified atom stereocenters. The van der Waals surface area contributed by atoms with Crippen LogP contribution in [0, 0.1) is 0 Å². The number of carbonyl (C=O) groups excluding carboxylic acids is 3. The number of hydrogen-bond acceptors (Lipinski definition) is 3. The molecule has 0 spiro atoms. The van der Waals surface area contributed by atoms with Crippen LogP contribution in [-0.4, -0.2) is 40.1 Å². The lowest BCUT2D eigenvalue weighted by atomic mass is 9.95. The van der Waals surface area contributed by atoms with Gasteiger partial charge in [-0.1, -0.05) is 36.4 Å². The number of rotatable bonds is 2. The van der Waals surface area contributed by atoms with Gasteiger partial charge in [0.2, 0.25) is 5.91 Å². The first-order chi connectivity index (χ1) is 12.1. The molecule has 3 amide bonds. The van der Waals surface area contributed by atoms with Gasteiger partial charge in [-0.05, 0) is 36.6 Å². The number of benzene rings is 2. The molecule has 126 valence electrons. The van der Waals surface area contributed by atoms with Gasteiger partial charge in [0.05, 0.1) is 11.1 Å². The van der Waals surface area contributed by atoms with E-state index >= 15 is 0 Å². The zero-order chi connectivity index (χ0) is 17.6. The molecule has 0 bridgehead atoms. The van der Waals surface area contributed by atoms with Crippen LogP contribution in [-0.2, 0) is 17.8 Å². The number of amides is 3. The Labute approximate surface area is 145 Å². The fraction of sp³-hybridized carbons (Fsp3) is 0.250. The lowest BCUT2D eigenvalue weighted by Crippen LogP contribution is -2.48. The Hall–Kier alpha value is -2.95. The summed E-state index contributed by atoms with van der Waals surface area (Å²) >= 11 is 0. The predicted octanol–water partition coefficient (Wildman–Crippen LogP) is 2.26. The smallest absolute Gasteiger partial charge is 0.262 e. The third-order valence-electron chi connectivity index (χ3n) is 5.00. The first-order valence-corrected chi connectivity index (χ1v) is 8.37. The molecule has 2 aromatic rings. The molecule has 2 heterocycles. The van der Waals surface area contributed by atoms with E-state index in [4.69, 9.17) is 0 Å². The van der Waals surface area contributed by atoms with Crippen molar-refractivity contribution >= 4 is 17.7 Å². The van der Waals surface area contributed by atoms with Gasteiger partial charge in [0.1, 0.15) is 6.54 Å². The molecule has 0 aromatic heterocycles. The van der Waals surface area contributed by atoms with E-state index in [0.29, 0.717) is 17.7 Å². The molecule has 2 aromatic carbocycles. The van der Waals surface area contributed by atoms with Crippen LogP contribution in [0.3, 0.4) is 0 Å². The van der Waals surface area contributed by atoms with Gasteiger partial charge in [-0.15, -0.1) is 0 Å². The topological polar surface area (TPSA) is 57.7 Å². The van der Waals surface area contributed by atoms with Crippen molar-refractivity contribution in [2.45, 2.75) is 25.9 Å². The standard InChI is InChI=1S/C20H18N2O3/c1-13-10-14-6-2-3-7-15(14)11-21(13)18(23)12-22-19(24)16-8-4-5-9-17(16)20(22)25/h2-9,13H,10-12H2,1H3. The third-order valence-corrected chi connectivity index (χ3v) is 5.00. The molecule has 0 saturated carbocycles. The Morgan fingerprint density at radius 3 is 2.16 bits per heavy atom. The van der Waals surface area contributed by atoms with Crippen LogP contribution in [0.5, 0.6) is 0 Å². The predicted molar refractivity (Wildman–Crippen MR) is 92.0 cm³/mol. The molecule has 1 atom stereocenters. The Kier molecular flexibility index (Phi) is 3.64. The molecule has 5 nitrogen and oxygen atoms in total. The first kappa shape index (κ1) is 15.6. The van der Waals surface area contributed by atoms with E-state index in [1.54, 1.807) is 29.2 Å². The molecule has 0 aliphatic carbocycles. The van der Waals surface area contributed by atoms with E-state index < -0.39 is 0 Å². The van der Waals surface area contributed by atoms with Crippen molar-refractivity contribution in [2.24, 2.45) is 0 Å². The molecular formula is C20H18N2O3. The molecule has 25 heavy (non-hydrogen) atoms. The second-order valence-electron chi connectivity index (χ2n) is 6.59. The van der Waals surface area contributed by atoms with Crippen molar-refractivity contribution in [3.63, 3.8) is 0 Å². The minimum absolute atomic E-state index is 0.0394. The summed E-state index contributed by atoms with van der Waals surface area (Å²) in [6, 6.07) is 14.8. The average Bonchev–Trinajstić information content (AvgIpc) is 2.86. The molecular weight excluding hydrogens is 316 g/mol. The summed E-state index contributed by atoms with van der Waals surface area (Å²) < 4.78 is 0. The maximum Gasteiger partial charge on any atom is 0.262 e. The third kappa shape index (κ3) is 2.52. The first-order valence-electron chi connectivity index (χ1n) is 8.37. The van der Waals surface area contributed by atoms with E-state index in [1.807, 2.05) is 25.1 Å². The zero-order valence-electron chi connectivity index (χ0n) is 13.9. The highest BCUT2D eigenvalue weighted by Crippen LogP contribution is 2.25. The van der Waals surface area contributed by atoms with Gasteiger partial charge < -0.3 is 4.90 Å². The monoisotopic (exact) mass is 334 g/mol. The quantitative estimate of drug-likeness (QED) is 0.792. The number of hydrogen-bond donors (Lipinski definition) is 0. The average molecular weight is 334 g/mol. The van der Waals surface area contributed by atoms with Crippen molar-refractivity contribution < 1.29 is 14.4 Å². The fourth-order valence-corrected chi connectivity index (χ4v) is 3.62. The maximum atomic E-state index is 12.8. The van der Waals surface area contributed by atoms with E-state index in [-0.39, 0.29) is 30.3 Å². The summed E-state index contributed by atoms with van der Waals surface area (Å²) in [5.41, 5.74) is 3.12. The van der Waals surface area contributed by atoms with Crippen LogP contribution >= 0.6 is 0 Å². The SMILES string of the molecule is CC1Cc2ccccc2CN1C(=O)CN1C(=O)c2ccccc2C1=O. The highest BCUT2D eigenvalue weighted by atomic mass is 16.2. The normalized spacial score (nSPS) is 19.0. The van der Waals surface area contributed by atoms with Crippen molar-refractivity contribution in [1.82, 2.24) is 9.80 Å². The summed E-state index contributed by atoms with van der Waals surface area (Å²) in [6.45, 7) is 2.30. The Balaban J connectivity index is 1.54. The van der Waals surface area contributed by atoms with Gasteiger partial charge in [0.25, 0.3) is 11.8 Å². The zero-order valence-corrected chi connectivity index (χ0v) is 13.9. The molecule has 0 N–H and O–H groups in total. The number of carbonyl (C=O) groups is 3. The van der Waals surface area contributed by atoms with Gasteiger partial charge in [0, 0.05) is 12.6 Å². The van der Waals surface area contributed by atoms with E-state index in [2.05, 4.69) is 6.07 Å². The molecule has 2 aliphatic rings. The lowest BCUT2D eigenvalue weighted by Gasteiger charge is -2.35. The van der Waals surface area contributed by atoms with Gasteiger partial charge in [-0.3, -0.25) is 19.3 Å². The van der Waals surface area contributed by atoms with Crippen molar-refractivity contribution in [2.75, 3.05) is 6.54 Å². The second-order valence-corrected chi connectivity index (χ2v) is 6.59. The molecule has 5 heteroatoms.